The smallest absolute Gasteiger partial charge is 0.252 e. The summed E-state index contributed by atoms with van der Waals surface area (Å²) in [5, 5.41) is 7.63. The van der Waals surface area contributed by atoms with E-state index in [2.05, 4.69) is 15.6 Å². The summed E-state index contributed by atoms with van der Waals surface area (Å²) in [5.74, 6) is 0.890. The average molecular weight is 484 g/mol. The van der Waals surface area contributed by atoms with Crippen LogP contribution in [0, 0.1) is 0 Å². The van der Waals surface area contributed by atoms with Crippen molar-refractivity contribution in [3.8, 4) is 11.5 Å². The zero-order valence-electron chi connectivity index (χ0n) is 17.7. The number of halogens is 1. The fourth-order valence-corrected chi connectivity index (χ4v) is 4.43. The van der Waals surface area contributed by atoms with Gasteiger partial charge in [0, 0.05) is 30.0 Å². The molecular weight excluding hydrogens is 462 g/mol. The highest BCUT2D eigenvalue weighted by Gasteiger charge is 2.25. The molecule has 7 nitrogen and oxygen atoms in total. The zero-order chi connectivity index (χ0) is 22.8. The first-order valence-electron chi connectivity index (χ1n) is 10.8. The minimum Gasteiger partial charge on any atom is -0.490 e. The molecule has 2 aliphatic rings. The number of pyridine rings is 1. The maximum Gasteiger partial charge on any atom is 0.252 e. The van der Waals surface area contributed by atoms with Crippen molar-refractivity contribution in [3.05, 3.63) is 53.1 Å². The molecule has 0 bridgehead atoms. The van der Waals surface area contributed by atoms with Crippen molar-refractivity contribution < 1.29 is 19.1 Å². The Hall–Kier alpha value is -2.97. The van der Waals surface area contributed by atoms with Crippen molar-refractivity contribution in [1.29, 1.82) is 0 Å². The van der Waals surface area contributed by atoms with Gasteiger partial charge < -0.3 is 20.1 Å². The van der Waals surface area contributed by atoms with Crippen LogP contribution in [0.3, 0.4) is 0 Å². The number of carbonyl (C=O) groups excluding carboxylic acids is 2. The number of nitrogens with one attached hydrogen (secondary N) is 2. The Morgan fingerprint density at radius 1 is 1.09 bits per heavy atom. The second kappa shape index (κ2) is 9.49. The third kappa shape index (κ3) is 5.17. The Labute approximate surface area is 200 Å². The number of ether oxygens (including phenoxy) is 2. The summed E-state index contributed by atoms with van der Waals surface area (Å²) in [4.78, 5) is 30.0. The number of rotatable bonds is 6. The first-order chi connectivity index (χ1) is 16.1. The Morgan fingerprint density at radius 3 is 2.64 bits per heavy atom. The molecule has 3 aromatic rings. The molecule has 2 heterocycles. The van der Waals surface area contributed by atoms with Gasteiger partial charge in [0.1, 0.15) is 0 Å². The summed E-state index contributed by atoms with van der Waals surface area (Å²) in [6, 6.07) is 12.9. The molecule has 1 fully saturated rings. The van der Waals surface area contributed by atoms with Crippen LogP contribution >= 0.6 is 23.4 Å². The van der Waals surface area contributed by atoms with E-state index in [0.717, 1.165) is 30.2 Å². The summed E-state index contributed by atoms with van der Waals surface area (Å²) in [6.07, 6.45) is 2.81. The lowest BCUT2D eigenvalue weighted by Gasteiger charge is -2.13. The van der Waals surface area contributed by atoms with E-state index in [1.165, 1.54) is 11.8 Å². The van der Waals surface area contributed by atoms with Crippen LogP contribution in [0.1, 0.15) is 29.6 Å². The topological polar surface area (TPSA) is 89.6 Å². The molecule has 5 rings (SSSR count). The number of nitrogens with zero attached hydrogens (tertiary/aromatic N) is 1. The lowest BCUT2D eigenvalue weighted by molar-refractivity contribution is -0.113. The molecule has 33 heavy (non-hydrogen) atoms. The van der Waals surface area contributed by atoms with Gasteiger partial charge >= 0.3 is 0 Å². The molecule has 1 aliphatic carbocycles. The fraction of sp³-hybridized carbons (Fsp3) is 0.292. The molecule has 170 valence electrons. The zero-order valence-corrected chi connectivity index (χ0v) is 19.3. The molecule has 2 N–H and O–H groups in total. The van der Waals surface area contributed by atoms with Crippen LogP contribution in [-0.4, -0.2) is 41.8 Å². The normalized spacial score (nSPS) is 15.1. The summed E-state index contributed by atoms with van der Waals surface area (Å²) in [7, 11) is 0. The summed E-state index contributed by atoms with van der Waals surface area (Å²) < 4.78 is 11.3. The van der Waals surface area contributed by atoms with Gasteiger partial charge in [-0.15, -0.1) is 0 Å². The van der Waals surface area contributed by atoms with Crippen molar-refractivity contribution >= 4 is 51.8 Å². The van der Waals surface area contributed by atoms with E-state index in [9.17, 15) is 9.59 Å². The van der Waals surface area contributed by atoms with Crippen LogP contribution in [0.15, 0.2) is 47.5 Å². The molecule has 1 aliphatic heterocycles. The number of thioether (sulfide) groups is 1. The molecule has 0 unspecified atom stereocenters. The quantitative estimate of drug-likeness (QED) is 0.495. The molecule has 1 saturated carbocycles. The van der Waals surface area contributed by atoms with Gasteiger partial charge in [-0.3, -0.25) is 9.59 Å². The third-order valence-corrected chi connectivity index (χ3v) is 6.54. The van der Waals surface area contributed by atoms with Gasteiger partial charge in [-0.25, -0.2) is 4.98 Å². The van der Waals surface area contributed by atoms with E-state index >= 15 is 0 Å². The largest absolute Gasteiger partial charge is 0.490 e. The number of aromatic nitrogens is 1. The monoisotopic (exact) mass is 483 g/mol. The summed E-state index contributed by atoms with van der Waals surface area (Å²) in [6.45, 7) is 1.10. The molecule has 2 amide bonds. The number of fused-ring (bicyclic) bond motifs is 2. The van der Waals surface area contributed by atoms with E-state index in [0.29, 0.717) is 46.0 Å². The van der Waals surface area contributed by atoms with Gasteiger partial charge in [-0.2, -0.15) is 0 Å². The highest BCUT2D eigenvalue weighted by Crippen LogP contribution is 2.37. The van der Waals surface area contributed by atoms with Gasteiger partial charge in [-0.05, 0) is 25.0 Å². The maximum absolute atomic E-state index is 12.8. The highest BCUT2D eigenvalue weighted by atomic mass is 35.5. The van der Waals surface area contributed by atoms with E-state index in [4.69, 9.17) is 21.1 Å². The second-order valence-electron chi connectivity index (χ2n) is 7.94. The number of para-hydroxylation sites is 1. The van der Waals surface area contributed by atoms with E-state index in [1.54, 1.807) is 18.2 Å². The first-order valence-corrected chi connectivity index (χ1v) is 12.2. The molecule has 0 saturated heterocycles. The van der Waals surface area contributed by atoms with Crippen LogP contribution in [0.4, 0.5) is 5.69 Å². The standard InChI is InChI=1S/C24H22ClN3O4S/c25-17-11-20-21(32-9-3-8-31-20)12-19(17)27-22(29)13-33-23-10-16(24(30)26-14-6-7-14)15-4-1-2-5-18(15)28-23/h1-2,4-5,10-12,14H,3,6-9,13H2,(H,26,30)(H,27,29). The molecule has 0 atom stereocenters. The first kappa shape index (κ1) is 21.9. The Morgan fingerprint density at radius 2 is 1.85 bits per heavy atom. The van der Waals surface area contributed by atoms with E-state index < -0.39 is 0 Å². The van der Waals surface area contributed by atoms with Gasteiger partial charge in [0.25, 0.3) is 5.91 Å². The van der Waals surface area contributed by atoms with Crippen molar-refractivity contribution in [2.75, 3.05) is 24.3 Å². The molecule has 0 spiro atoms. The lowest BCUT2D eigenvalue weighted by atomic mass is 10.1. The van der Waals surface area contributed by atoms with Crippen LogP contribution in [0.2, 0.25) is 5.02 Å². The number of hydrogen-bond acceptors (Lipinski definition) is 6. The number of carbonyl (C=O) groups is 2. The lowest BCUT2D eigenvalue weighted by Crippen LogP contribution is -2.25. The molecule has 1 aromatic heterocycles. The molecule has 9 heteroatoms. The number of anilines is 1. The van der Waals surface area contributed by atoms with Gasteiger partial charge in [0.2, 0.25) is 5.91 Å². The fourth-order valence-electron chi connectivity index (χ4n) is 3.51. The number of hydrogen-bond donors (Lipinski definition) is 2. The summed E-state index contributed by atoms with van der Waals surface area (Å²) in [5.41, 5.74) is 1.75. The van der Waals surface area contributed by atoms with E-state index in [1.807, 2.05) is 24.3 Å². The predicted octanol–water partition coefficient (Wildman–Crippen LogP) is 4.67. The molecule has 2 aromatic carbocycles. The van der Waals surface area contributed by atoms with Crippen LogP contribution in [0.25, 0.3) is 10.9 Å². The van der Waals surface area contributed by atoms with Gasteiger partial charge in [0.05, 0.1) is 45.8 Å². The second-order valence-corrected chi connectivity index (χ2v) is 9.34. The van der Waals surface area contributed by atoms with Crippen LogP contribution in [0.5, 0.6) is 11.5 Å². The Balaban J connectivity index is 1.30. The highest BCUT2D eigenvalue weighted by molar-refractivity contribution is 7.99. The summed E-state index contributed by atoms with van der Waals surface area (Å²) >= 11 is 7.59. The Bertz CT molecular complexity index is 1230. The number of benzene rings is 2. The van der Waals surface area contributed by atoms with Crippen molar-refractivity contribution in [3.63, 3.8) is 0 Å². The average Bonchev–Trinajstić information content (AvgIpc) is 3.65. The minimum atomic E-state index is -0.240. The molecular formula is C24H22ClN3O4S. The van der Waals surface area contributed by atoms with Crippen molar-refractivity contribution in [1.82, 2.24) is 10.3 Å². The number of amides is 2. The van der Waals surface area contributed by atoms with E-state index in [-0.39, 0.29) is 23.6 Å². The molecule has 0 radical (unpaired) electrons. The Kier molecular flexibility index (Phi) is 6.28. The SMILES string of the molecule is O=C(CSc1cc(C(=O)NC2CC2)c2ccccc2n1)Nc1cc2c(cc1Cl)OCCCO2. The maximum atomic E-state index is 12.8. The van der Waals surface area contributed by atoms with Crippen LogP contribution < -0.4 is 20.1 Å². The van der Waals surface area contributed by atoms with Crippen molar-refractivity contribution in [2.24, 2.45) is 0 Å². The minimum absolute atomic E-state index is 0.110. The predicted molar refractivity (Wildman–Crippen MR) is 129 cm³/mol. The van der Waals surface area contributed by atoms with Crippen LogP contribution in [-0.2, 0) is 4.79 Å². The van der Waals surface area contributed by atoms with Gasteiger partial charge in [-0.1, -0.05) is 41.6 Å². The van der Waals surface area contributed by atoms with Gasteiger partial charge in [0.15, 0.2) is 11.5 Å². The van der Waals surface area contributed by atoms with Crippen molar-refractivity contribution in [2.45, 2.75) is 30.3 Å². The third-order valence-electron chi connectivity index (χ3n) is 5.31.